The highest BCUT2D eigenvalue weighted by Gasteiger charge is 2.29. The van der Waals surface area contributed by atoms with Gasteiger partial charge in [-0.2, -0.15) is 0 Å². The number of aliphatic hydroxyl groups is 2. The average molecular weight is 517 g/mol. The summed E-state index contributed by atoms with van der Waals surface area (Å²) in [7, 11) is 3.39. The van der Waals surface area contributed by atoms with E-state index in [1.807, 2.05) is 36.0 Å². The lowest BCUT2D eigenvalue weighted by Crippen LogP contribution is -2.39. The van der Waals surface area contributed by atoms with Gasteiger partial charge in [0.25, 0.3) is 0 Å². The average Bonchev–Trinajstić information content (AvgIpc) is 3.46. The first-order valence-electron chi connectivity index (χ1n) is 11.0. The number of fused-ring (bicyclic) bond motifs is 1. The third kappa shape index (κ3) is 6.78. The molecule has 2 aromatic carbocycles. The highest BCUT2D eigenvalue weighted by molar-refractivity contribution is 7.99. The molecule has 11 heteroatoms. The molecule has 0 spiro atoms. The van der Waals surface area contributed by atoms with Gasteiger partial charge in [0.05, 0.1) is 19.9 Å². The van der Waals surface area contributed by atoms with E-state index < -0.39 is 24.1 Å². The number of hydrogen-bond acceptors (Lipinski definition) is 8. The fourth-order valence-electron chi connectivity index (χ4n) is 3.56. The number of aliphatic hydroxyl groups excluding tert-OH is 2. The number of ether oxygens (including phenoxy) is 2. The Morgan fingerprint density at radius 1 is 0.889 bits per heavy atom. The van der Waals surface area contributed by atoms with Gasteiger partial charge in [-0.25, -0.2) is 14.6 Å². The molecule has 4 rings (SSSR count). The summed E-state index contributed by atoms with van der Waals surface area (Å²) in [4.78, 5) is 24.5. The molecule has 4 N–H and O–H groups in total. The predicted octanol–water partition coefficient (Wildman–Crippen LogP) is 2.06. The van der Waals surface area contributed by atoms with E-state index in [-0.39, 0.29) is 0 Å². The molecule has 0 bridgehead atoms. The zero-order valence-corrected chi connectivity index (χ0v) is 20.6. The van der Waals surface area contributed by atoms with E-state index in [1.165, 1.54) is 22.5 Å². The van der Waals surface area contributed by atoms with Crippen LogP contribution in [0, 0.1) is 0 Å². The van der Waals surface area contributed by atoms with Gasteiger partial charge in [-0.3, -0.25) is 0 Å². The molecule has 0 aliphatic carbocycles. The number of aliphatic carboxylic acids is 2. The minimum absolute atomic E-state index is 0.843. The number of hydrogen-bond donors (Lipinski definition) is 4. The van der Waals surface area contributed by atoms with Crippen molar-refractivity contribution in [2.45, 2.75) is 36.8 Å². The van der Waals surface area contributed by atoms with Crippen LogP contribution in [-0.2, 0) is 29.0 Å². The summed E-state index contributed by atoms with van der Waals surface area (Å²) >= 11 is 1.85. The van der Waals surface area contributed by atoms with E-state index in [2.05, 4.69) is 28.8 Å². The van der Waals surface area contributed by atoms with Crippen LogP contribution in [0.25, 0.3) is 0 Å². The van der Waals surface area contributed by atoms with Crippen molar-refractivity contribution in [2.24, 2.45) is 0 Å². The molecular formula is C25H28N2O8S. The molecule has 36 heavy (non-hydrogen) atoms. The van der Waals surface area contributed by atoms with Crippen molar-refractivity contribution in [3.05, 3.63) is 71.0 Å². The normalized spacial score (nSPS) is 13.7. The van der Waals surface area contributed by atoms with E-state index in [0.29, 0.717) is 0 Å². The molecule has 0 saturated heterocycles. The summed E-state index contributed by atoms with van der Waals surface area (Å²) < 4.78 is 12.9. The third-order valence-electron chi connectivity index (χ3n) is 5.53. The first-order valence-corrected chi connectivity index (χ1v) is 12.0. The monoisotopic (exact) mass is 516 g/mol. The van der Waals surface area contributed by atoms with Gasteiger partial charge in [0.1, 0.15) is 11.5 Å². The highest BCUT2D eigenvalue weighted by Crippen LogP contribution is 2.31. The number of carboxylic acids is 2. The van der Waals surface area contributed by atoms with E-state index in [9.17, 15) is 9.59 Å². The molecule has 1 aromatic heterocycles. The molecule has 3 aromatic rings. The van der Waals surface area contributed by atoms with E-state index in [0.717, 1.165) is 41.8 Å². The molecule has 192 valence electrons. The maximum Gasteiger partial charge on any atom is 0.335 e. The topological polar surface area (TPSA) is 151 Å². The molecule has 1 aliphatic heterocycles. The van der Waals surface area contributed by atoms with Crippen LogP contribution in [0.2, 0.25) is 0 Å². The second-order valence-corrected chi connectivity index (χ2v) is 8.97. The molecule has 2 unspecified atom stereocenters. The number of nitrogens with zero attached hydrogens (tertiary/aromatic N) is 2. The predicted molar refractivity (Wildman–Crippen MR) is 132 cm³/mol. The van der Waals surface area contributed by atoms with Crippen LogP contribution < -0.4 is 9.47 Å². The summed E-state index contributed by atoms with van der Waals surface area (Å²) in [6.07, 6.45) is -2.80. The zero-order valence-electron chi connectivity index (χ0n) is 19.8. The number of thioether (sulfide) groups is 1. The number of benzene rings is 2. The summed E-state index contributed by atoms with van der Waals surface area (Å²) in [6.45, 7) is 1.04. The summed E-state index contributed by atoms with van der Waals surface area (Å²) in [5.74, 6) is -0.651. The molecule has 10 nitrogen and oxygen atoms in total. The van der Waals surface area contributed by atoms with Crippen molar-refractivity contribution in [1.82, 2.24) is 9.55 Å². The van der Waals surface area contributed by atoms with Crippen LogP contribution in [0.3, 0.4) is 0 Å². The number of methoxy groups -OCH3 is 2. The second kappa shape index (κ2) is 12.4. The molecule has 2 atom stereocenters. The number of carboxylic acid groups (broad SMARTS) is 2. The van der Waals surface area contributed by atoms with Gasteiger partial charge >= 0.3 is 11.9 Å². The van der Waals surface area contributed by atoms with Crippen LogP contribution in [0.15, 0.2) is 53.7 Å². The van der Waals surface area contributed by atoms with Crippen LogP contribution in [0.5, 0.6) is 11.5 Å². The van der Waals surface area contributed by atoms with Crippen LogP contribution in [-0.4, -0.2) is 74.1 Å². The van der Waals surface area contributed by atoms with Crippen molar-refractivity contribution in [2.75, 3.05) is 20.0 Å². The Labute approximate surface area is 212 Å². The van der Waals surface area contributed by atoms with E-state index >= 15 is 0 Å². The molecule has 0 fully saturated rings. The summed E-state index contributed by atoms with van der Waals surface area (Å²) in [5.41, 5.74) is 5.03. The minimum Gasteiger partial charge on any atom is -0.497 e. The molecular weight excluding hydrogens is 488 g/mol. The lowest BCUT2D eigenvalue weighted by molar-refractivity contribution is -0.165. The number of carbonyl (C=O) groups is 2. The van der Waals surface area contributed by atoms with Gasteiger partial charge in [-0.05, 0) is 35.4 Å². The fourth-order valence-corrected chi connectivity index (χ4v) is 4.55. The van der Waals surface area contributed by atoms with Crippen molar-refractivity contribution >= 4 is 23.7 Å². The SMILES string of the molecule is COc1ccc(Cc2nc3n(c2Cc2ccc(OC)cc2)CCS3)cc1.O=C(O)C(O)C(O)C(=O)O. The maximum atomic E-state index is 9.77. The quantitative estimate of drug-likeness (QED) is 0.333. The van der Waals surface area contributed by atoms with E-state index in [1.54, 1.807) is 14.2 Å². The number of aromatic nitrogens is 2. The first kappa shape index (κ1) is 27.1. The van der Waals surface area contributed by atoms with E-state index in [4.69, 9.17) is 34.9 Å². The minimum atomic E-state index is -2.27. The number of rotatable bonds is 9. The zero-order chi connectivity index (χ0) is 26.2. The van der Waals surface area contributed by atoms with Crippen LogP contribution in [0.1, 0.15) is 22.5 Å². The molecule has 1 aliphatic rings. The number of imidazole rings is 1. The van der Waals surface area contributed by atoms with Crippen molar-refractivity contribution in [3.63, 3.8) is 0 Å². The highest BCUT2D eigenvalue weighted by atomic mass is 32.2. The van der Waals surface area contributed by atoms with Crippen LogP contribution in [0.4, 0.5) is 0 Å². The standard InChI is InChI=1S/C21H22N2O2S.C4H6O6/c1-24-17-7-3-15(4-8-17)13-19-20(23-11-12-26-21(23)22-19)14-16-5-9-18(25-2)10-6-16;5-1(3(7)8)2(6)4(9)10/h3-10H,11-14H2,1-2H3;1-2,5-6H,(H,7,8)(H,9,10). The molecule has 0 saturated carbocycles. The van der Waals surface area contributed by atoms with Crippen LogP contribution >= 0.6 is 11.8 Å². The van der Waals surface area contributed by atoms with Crippen molar-refractivity contribution < 1.29 is 39.5 Å². The van der Waals surface area contributed by atoms with Gasteiger partial charge in [0.15, 0.2) is 17.4 Å². The largest absolute Gasteiger partial charge is 0.497 e. The maximum absolute atomic E-state index is 9.77. The van der Waals surface area contributed by atoms with Gasteiger partial charge in [0.2, 0.25) is 0 Å². The third-order valence-corrected chi connectivity index (χ3v) is 6.49. The van der Waals surface area contributed by atoms with Gasteiger partial charge < -0.3 is 34.5 Å². The second-order valence-electron chi connectivity index (χ2n) is 7.90. The van der Waals surface area contributed by atoms with Gasteiger partial charge in [-0.15, -0.1) is 0 Å². The Hall–Kier alpha value is -3.54. The Morgan fingerprint density at radius 3 is 1.81 bits per heavy atom. The Kier molecular flexibility index (Phi) is 9.34. The smallest absolute Gasteiger partial charge is 0.335 e. The summed E-state index contributed by atoms with van der Waals surface area (Å²) in [6, 6.07) is 16.6. The lowest BCUT2D eigenvalue weighted by atomic mass is 10.0. The molecule has 0 radical (unpaired) electrons. The van der Waals surface area contributed by atoms with Gasteiger partial charge in [0, 0.05) is 30.8 Å². The Balaban J connectivity index is 0.000000308. The molecule has 2 heterocycles. The van der Waals surface area contributed by atoms with Gasteiger partial charge in [-0.1, -0.05) is 36.0 Å². The van der Waals surface area contributed by atoms with Crippen molar-refractivity contribution in [3.8, 4) is 11.5 Å². The first-order chi connectivity index (χ1) is 17.2. The Morgan fingerprint density at radius 2 is 1.36 bits per heavy atom. The Bertz CT molecular complexity index is 1160. The summed E-state index contributed by atoms with van der Waals surface area (Å²) in [5, 5.41) is 33.7. The lowest BCUT2D eigenvalue weighted by Gasteiger charge is -2.09. The van der Waals surface area contributed by atoms with Crippen molar-refractivity contribution in [1.29, 1.82) is 0 Å². The fraction of sp³-hybridized carbons (Fsp3) is 0.320. The molecule has 0 amide bonds.